The number of carbonyl (C=O) groups is 4. The molecule has 0 spiro atoms. The summed E-state index contributed by atoms with van der Waals surface area (Å²) in [6, 6.07) is 7.27. The Hall–Kier alpha value is -3.69. The van der Waals surface area contributed by atoms with Crippen molar-refractivity contribution in [3.8, 4) is 0 Å². The Bertz CT molecular complexity index is 1050. The Balaban J connectivity index is 1.78. The molecule has 0 fully saturated rings. The van der Waals surface area contributed by atoms with Gasteiger partial charge in [0.15, 0.2) is 5.69 Å². The highest BCUT2D eigenvalue weighted by Gasteiger charge is 2.27. The van der Waals surface area contributed by atoms with Gasteiger partial charge in [-0.2, -0.15) is 0 Å². The molecule has 0 radical (unpaired) electrons. The molecule has 3 atom stereocenters. The highest BCUT2D eigenvalue weighted by molar-refractivity contribution is 5.96. The van der Waals surface area contributed by atoms with Gasteiger partial charge in [0.25, 0.3) is 5.91 Å². The quantitative estimate of drug-likeness (QED) is 0.498. The van der Waals surface area contributed by atoms with E-state index in [1.54, 1.807) is 6.92 Å². The van der Waals surface area contributed by atoms with Gasteiger partial charge in [0.05, 0.1) is 0 Å². The van der Waals surface area contributed by atoms with Crippen LogP contribution in [0.15, 0.2) is 41.0 Å². The maximum atomic E-state index is 12.9. The Kier molecular flexibility index (Phi) is 9.61. The second kappa shape index (κ2) is 12.9. The Morgan fingerprint density at radius 1 is 1.11 bits per heavy atom. The van der Waals surface area contributed by atoms with Gasteiger partial charge in [-0.05, 0) is 37.7 Å². The van der Waals surface area contributed by atoms with E-state index in [2.05, 4.69) is 26.3 Å². The second-order valence-corrected chi connectivity index (χ2v) is 9.52. The number of nitrogens with zero attached hydrogens (tertiary/aromatic N) is 1. The summed E-state index contributed by atoms with van der Waals surface area (Å²) in [7, 11) is 0. The summed E-state index contributed by atoms with van der Waals surface area (Å²) in [6.07, 6.45) is 3.46. The number of amides is 4. The molecule has 4 amide bonds. The molecule has 1 aromatic carbocycles. The van der Waals surface area contributed by atoms with Gasteiger partial charge in [0, 0.05) is 19.4 Å². The van der Waals surface area contributed by atoms with Gasteiger partial charge in [-0.15, -0.1) is 0 Å². The van der Waals surface area contributed by atoms with Crippen LogP contribution in [0.25, 0.3) is 0 Å². The van der Waals surface area contributed by atoms with Crippen LogP contribution < -0.4 is 21.3 Å². The first kappa shape index (κ1) is 26.9. The van der Waals surface area contributed by atoms with Crippen LogP contribution in [0.4, 0.5) is 0 Å². The summed E-state index contributed by atoms with van der Waals surface area (Å²) in [6.45, 7) is 5.93. The van der Waals surface area contributed by atoms with Crippen LogP contribution >= 0.6 is 0 Å². The zero-order valence-corrected chi connectivity index (χ0v) is 21.0. The molecule has 2 heterocycles. The van der Waals surface area contributed by atoms with Gasteiger partial charge < -0.3 is 25.7 Å². The number of nitrogens with one attached hydrogen (secondary N) is 4. The minimum atomic E-state index is -0.798. The lowest BCUT2D eigenvalue weighted by Gasteiger charge is -2.21. The predicted octanol–water partition coefficient (Wildman–Crippen LogP) is 2.02. The van der Waals surface area contributed by atoms with E-state index >= 15 is 0 Å². The summed E-state index contributed by atoms with van der Waals surface area (Å²) in [5, 5.41) is 11.3. The van der Waals surface area contributed by atoms with Crippen molar-refractivity contribution in [2.75, 3.05) is 6.54 Å². The fourth-order valence-electron chi connectivity index (χ4n) is 3.96. The van der Waals surface area contributed by atoms with Crippen molar-refractivity contribution in [1.29, 1.82) is 0 Å². The fraction of sp³-hybridized carbons (Fsp3) is 0.500. The third-order valence-electron chi connectivity index (χ3n) is 5.85. The third kappa shape index (κ3) is 7.93. The molecule has 0 saturated carbocycles. The number of fused-ring (bicyclic) bond motifs is 2. The molecule has 1 aliphatic rings. The van der Waals surface area contributed by atoms with Crippen LogP contribution in [0, 0.1) is 5.92 Å². The number of rotatable bonds is 5. The molecular weight excluding hydrogens is 462 g/mol. The van der Waals surface area contributed by atoms with E-state index in [9.17, 15) is 19.2 Å². The van der Waals surface area contributed by atoms with Crippen molar-refractivity contribution in [2.45, 2.75) is 71.0 Å². The van der Waals surface area contributed by atoms with Crippen LogP contribution in [0.3, 0.4) is 0 Å². The van der Waals surface area contributed by atoms with Gasteiger partial charge in [0.1, 0.15) is 24.4 Å². The van der Waals surface area contributed by atoms with Crippen molar-refractivity contribution in [2.24, 2.45) is 5.92 Å². The van der Waals surface area contributed by atoms with E-state index in [-0.39, 0.29) is 35.2 Å². The van der Waals surface area contributed by atoms with Crippen molar-refractivity contribution in [1.82, 2.24) is 26.3 Å². The number of benzene rings is 1. The van der Waals surface area contributed by atoms with Gasteiger partial charge in [0.2, 0.25) is 23.6 Å². The number of hydrogen-bond acceptors (Lipinski definition) is 6. The number of hydrogen-bond donors (Lipinski definition) is 4. The minimum absolute atomic E-state index is 0.00541. The fourth-order valence-corrected chi connectivity index (χ4v) is 3.96. The second-order valence-electron chi connectivity index (χ2n) is 9.52. The van der Waals surface area contributed by atoms with E-state index in [1.807, 2.05) is 44.2 Å². The molecule has 4 N–H and O–H groups in total. The largest absolute Gasteiger partial charge is 0.446 e. The molecule has 3 rings (SSSR count). The molecule has 1 aromatic heterocycles. The third-order valence-corrected chi connectivity index (χ3v) is 5.85. The summed E-state index contributed by atoms with van der Waals surface area (Å²) in [4.78, 5) is 55.3. The molecule has 1 aliphatic heterocycles. The van der Waals surface area contributed by atoms with E-state index in [4.69, 9.17) is 4.42 Å². The van der Waals surface area contributed by atoms with E-state index in [0.717, 1.165) is 5.56 Å². The Morgan fingerprint density at radius 3 is 2.58 bits per heavy atom. The summed E-state index contributed by atoms with van der Waals surface area (Å²) >= 11 is 0. The SMILES string of the molecule is CC(C)CC(=O)N[C@H]1CCCCNC(=O)[C@H](Cc2ccccc2)NC(=O)c2coc(n2)[C@H](C)NC1=O. The molecule has 10 nitrogen and oxygen atoms in total. The average Bonchev–Trinajstić information content (AvgIpc) is 3.33. The first-order valence-electron chi connectivity index (χ1n) is 12.4. The number of carbonyl (C=O) groups excluding carboxylic acids is 4. The summed E-state index contributed by atoms with van der Waals surface area (Å²) < 4.78 is 5.45. The van der Waals surface area contributed by atoms with E-state index in [1.165, 1.54) is 6.26 Å². The van der Waals surface area contributed by atoms with Crippen LogP contribution in [-0.2, 0) is 20.8 Å². The van der Waals surface area contributed by atoms with Crippen LogP contribution in [0.5, 0.6) is 0 Å². The van der Waals surface area contributed by atoms with Gasteiger partial charge in [-0.1, -0.05) is 44.2 Å². The zero-order chi connectivity index (χ0) is 26.1. The normalized spacial score (nSPS) is 21.9. The monoisotopic (exact) mass is 497 g/mol. The highest BCUT2D eigenvalue weighted by atomic mass is 16.3. The molecule has 2 bridgehead atoms. The van der Waals surface area contributed by atoms with Crippen LogP contribution in [0.2, 0.25) is 0 Å². The molecule has 0 saturated heterocycles. The summed E-state index contributed by atoms with van der Waals surface area (Å²) in [5.41, 5.74) is 0.912. The van der Waals surface area contributed by atoms with Crippen LogP contribution in [-0.4, -0.2) is 47.2 Å². The maximum absolute atomic E-state index is 12.9. The van der Waals surface area contributed by atoms with E-state index in [0.29, 0.717) is 38.6 Å². The predicted molar refractivity (Wildman–Crippen MR) is 133 cm³/mol. The lowest BCUT2D eigenvalue weighted by molar-refractivity contribution is -0.130. The molecule has 194 valence electrons. The minimum Gasteiger partial charge on any atom is -0.446 e. The molecular formula is C26H35N5O5. The molecule has 0 unspecified atom stereocenters. The smallest absolute Gasteiger partial charge is 0.273 e. The maximum Gasteiger partial charge on any atom is 0.273 e. The first-order valence-corrected chi connectivity index (χ1v) is 12.4. The average molecular weight is 498 g/mol. The van der Waals surface area contributed by atoms with Crippen molar-refractivity contribution in [3.05, 3.63) is 53.7 Å². The summed E-state index contributed by atoms with van der Waals surface area (Å²) in [5.74, 6) is -1.10. The molecule has 0 aliphatic carbocycles. The highest BCUT2D eigenvalue weighted by Crippen LogP contribution is 2.14. The van der Waals surface area contributed by atoms with E-state index < -0.39 is 24.0 Å². The topological polar surface area (TPSA) is 142 Å². The number of oxazole rings is 1. The molecule has 10 heteroatoms. The van der Waals surface area contributed by atoms with Crippen molar-refractivity contribution < 1.29 is 23.6 Å². The number of aromatic nitrogens is 1. The zero-order valence-electron chi connectivity index (χ0n) is 21.0. The Morgan fingerprint density at radius 2 is 1.86 bits per heavy atom. The standard InChI is InChI=1S/C26H35N5O5/c1-16(2)13-22(32)29-19-11-7-8-12-27-23(33)20(14-18-9-5-4-6-10-18)30-25(35)21-15-36-26(31-21)17(3)28-24(19)34/h4-6,9-10,15-17,19-20H,7-8,11-14H2,1-3H3,(H,27,33)(H,28,34)(H,29,32)(H,30,35)/t17-,19-,20-/m0/s1. The molecule has 2 aromatic rings. The molecule has 36 heavy (non-hydrogen) atoms. The van der Waals surface area contributed by atoms with Crippen molar-refractivity contribution >= 4 is 23.6 Å². The lowest BCUT2D eigenvalue weighted by Crippen LogP contribution is -2.49. The van der Waals surface area contributed by atoms with Gasteiger partial charge in [-0.3, -0.25) is 19.2 Å². The lowest BCUT2D eigenvalue weighted by atomic mass is 10.0. The van der Waals surface area contributed by atoms with Crippen LogP contribution in [0.1, 0.15) is 74.4 Å². The van der Waals surface area contributed by atoms with Gasteiger partial charge >= 0.3 is 0 Å². The van der Waals surface area contributed by atoms with Gasteiger partial charge in [-0.25, -0.2) is 4.98 Å². The van der Waals surface area contributed by atoms with Crippen molar-refractivity contribution in [3.63, 3.8) is 0 Å². The first-order chi connectivity index (χ1) is 17.2. The Labute approximate surface area is 211 Å².